The summed E-state index contributed by atoms with van der Waals surface area (Å²) in [6, 6.07) is 8.54. The minimum atomic E-state index is 0.863. The lowest BCUT2D eigenvalue weighted by Crippen LogP contribution is -2.29. The lowest BCUT2D eigenvalue weighted by molar-refractivity contribution is 0.286. The molecule has 0 aliphatic heterocycles. The summed E-state index contributed by atoms with van der Waals surface area (Å²) in [6.07, 6.45) is 1.97. The van der Waals surface area contributed by atoms with Crippen LogP contribution < -0.4 is 5.43 Å². The Morgan fingerprint density at radius 1 is 1.29 bits per heavy atom. The van der Waals surface area contributed by atoms with Crippen LogP contribution in [0.5, 0.6) is 0 Å². The predicted molar refractivity (Wildman–Crippen MR) is 58.8 cm³/mol. The normalized spacial score (nSPS) is 11.4. The van der Waals surface area contributed by atoms with Gasteiger partial charge in [-0.1, -0.05) is 12.1 Å². The van der Waals surface area contributed by atoms with Gasteiger partial charge >= 0.3 is 0 Å². The number of aromatic amines is 1. The standard InChI is InChI=1S/C11H15N3/c1-14(2)13-8-9-3-4-10-5-6-12-11(10)7-9/h3-7,12-13H,8H2,1-2H3. The third kappa shape index (κ3) is 1.95. The van der Waals surface area contributed by atoms with Crippen molar-refractivity contribution in [1.29, 1.82) is 0 Å². The predicted octanol–water partition coefficient (Wildman–Crippen LogP) is 1.73. The van der Waals surface area contributed by atoms with Crippen molar-refractivity contribution in [2.24, 2.45) is 0 Å². The summed E-state index contributed by atoms with van der Waals surface area (Å²) in [4.78, 5) is 3.21. The average molecular weight is 189 g/mol. The summed E-state index contributed by atoms with van der Waals surface area (Å²) < 4.78 is 0. The molecule has 0 aliphatic carbocycles. The Morgan fingerprint density at radius 2 is 2.14 bits per heavy atom. The van der Waals surface area contributed by atoms with Gasteiger partial charge in [0.25, 0.3) is 0 Å². The van der Waals surface area contributed by atoms with E-state index in [1.165, 1.54) is 16.5 Å². The fraction of sp³-hybridized carbons (Fsp3) is 0.273. The van der Waals surface area contributed by atoms with Gasteiger partial charge in [-0.25, -0.2) is 0 Å². The van der Waals surface area contributed by atoms with Crippen molar-refractivity contribution in [1.82, 2.24) is 15.4 Å². The molecule has 0 saturated heterocycles. The highest BCUT2D eigenvalue weighted by molar-refractivity contribution is 5.79. The minimum absolute atomic E-state index is 0.863. The number of nitrogens with one attached hydrogen (secondary N) is 2. The first kappa shape index (κ1) is 9.24. The van der Waals surface area contributed by atoms with Crippen molar-refractivity contribution in [3.63, 3.8) is 0 Å². The number of hydrazine groups is 1. The molecule has 1 aromatic carbocycles. The zero-order chi connectivity index (χ0) is 9.97. The molecule has 2 rings (SSSR count). The number of nitrogens with zero attached hydrogens (tertiary/aromatic N) is 1. The number of aromatic nitrogens is 1. The van der Waals surface area contributed by atoms with Gasteiger partial charge in [0, 0.05) is 32.4 Å². The zero-order valence-electron chi connectivity index (χ0n) is 8.54. The van der Waals surface area contributed by atoms with Gasteiger partial charge in [0.1, 0.15) is 0 Å². The molecule has 0 atom stereocenters. The van der Waals surface area contributed by atoms with Gasteiger partial charge < -0.3 is 4.98 Å². The Morgan fingerprint density at radius 3 is 2.93 bits per heavy atom. The van der Waals surface area contributed by atoms with Gasteiger partial charge in [-0.3, -0.25) is 10.4 Å². The topological polar surface area (TPSA) is 31.1 Å². The van der Waals surface area contributed by atoms with Crippen LogP contribution >= 0.6 is 0 Å². The van der Waals surface area contributed by atoms with Crippen molar-refractivity contribution in [2.45, 2.75) is 6.54 Å². The van der Waals surface area contributed by atoms with Crippen LogP contribution in [0.4, 0.5) is 0 Å². The van der Waals surface area contributed by atoms with E-state index < -0.39 is 0 Å². The number of benzene rings is 1. The van der Waals surface area contributed by atoms with Crippen molar-refractivity contribution >= 4 is 10.9 Å². The SMILES string of the molecule is CN(C)NCc1ccc2cc[nH]c2c1. The first-order valence-electron chi connectivity index (χ1n) is 4.72. The molecule has 0 bridgehead atoms. The number of fused-ring (bicyclic) bond motifs is 1. The molecule has 2 aromatic rings. The maximum absolute atomic E-state index is 3.24. The maximum atomic E-state index is 3.24. The largest absolute Gasteiger partial charge is 0.361 e. The molecule has 1 aromatic heterocycles. The Hall–Kier alpha value is -1.32. The molecule has 0 unspecified atom stereocenters. The van der Waals surface area contributed by atoms with Gasteiger partial charge in [0.2, 0.25) is 0 Å². The Balaban J connectivity index is 2.17. The van der Waals surface area contributed by atoms with Gasteiger partial charge in [0.15, 0.2) is 0 Å². The summed E-state index contributed by atoms with van der Waals surface area (Å²) in [5.41, 5.74) is 5.72. The Kier molecular flexibility index (Phi) is 2.52. The molecule has 0 radical (unpaired) electrons. The summed E-state index contributed by atoms with van der Waals surface area (Å²) in [5.74, 6) is 0. The zero-order valence-corrected chi connectivity index (χ0v) is 8.54. The van der Waals surface area contributed by atoms with E-state index in [2.05, 4.69) is 34.7 Å². The fourth-order valence-electron chi connectivity index (χ4n) is 1.45. The van der Waals surface area contributed by atoms with Crippen molar-refractivity contribution < 1.29 is 0 Å². The monoisotopic (exact) mass is 189 g/mol. The first-order chi connectivity index (χ1) is 6.75. The lowest BCUT2D eigenvalue weighted by atomic mass is 10.2. The number of rotatable bonds is 3. The molecule has 0 aliphatic rings. The second-order valence-electron chi connectivity index (χ2n) is 3.63. The minimum Gasteiger partial charge on any atom is -0.361 e. The van der Waals surface area contributed by atoms with Gasteiger partial charge in [-0.15, -0.1) is 0 Å². The molecule has 74 valence electrons. The average Bonchev–Trinajstić information content (AvgIpc) is 2.61. The van der Waals surface area contributed by atoms with E-state index in [0.29, 0.717) is 0 Å². The number of hydrogen-bond acceptors (Lipinski definition) is 2. The molecule has 1 heterocycles. The van der Waals surface area contributed by atoms with Gasteiger partial charge in [-0.2, -0.15) is 0 Å². The first-order valence-corrected chi connectivity index (χ1v) is 4.72. The fourth-order valence-corrected chi connectivity index (χ4v) is 1.45. The molecule has 2 N–H and O–H groups in total. The van der Waals surface area contributed by atoms with E-state index in [1.807, 2.05) is 25.3 Å². The second-order valence-corrected chi connectivity index (χ2v) is 3.63. The Labute approximate surface area is 83.7 Å². The van der Waals surface area contributed by atoms with Gasteiger partial charge in [0.05, 0.1) is 0 Å². The van der Waals surface area contributed by atoms with E-state index in [-0.39, 0.29) is 0 Å². The smallest absolute Gasteiger partial charge is 0.0457 e. The molecule has 3 heteroatoms. The Bertz CT molecular complexity index is 417. The van der Waals surface area contributed by atoms with Crippen LogP contribution in [0.15, 0.2) is 30.5 Å². The highest BCUT2D eigenvalue weighted by Gasteiger charge is 1.97. The molecule has 0 fully saturated rings. The van der Waals surface area contributed by atoms with E-state index in [4.69, 9.17) is 0 Å². The van der Waals surface area contributed by atoms with Crippen molar-refractivity contribution in [2.75, 3.05) is 14.1 Å². The molecular weight excluding hydrogens is 174 g/mol. The van der Waals surface area contributed by atoms with E-state index in [9.17, 15) is 0 Å². The third-order valence-electron chi connectivity index (χ3n) is 2.22. The van der Waals surface area contributed by atoms with Crippen LogP contribution in [0.3, 0.4) is 0 Å². The van der Waals surface area contributed by atoms with E-state index >= 15 is 0 Å². The summed E-state index contributed by atoms with van der Waals surface area (Å²) in [7, 11) is 3.99. The molecular formula is C11H15N3. The number of hydrogen-bond donors (Lipinski definition) is 2. The number of H-pyrrole nitrogens is 1. The molecule has 0 amide bonds. The maximum Gasteiger partial charge on any atom is 0.0457 e. The molecule has 3 nitrogen and oxygen atoms in total. The highest BCUT2D eigenvalue weighted by Crippen LogP contribution is 2.13. The van der Waals surface area contributed by atoms with E-state index in [0.717, 1.165) is 6.54 Å². The van der Waals surface area contributed by atoms with E-state index in [1.54, 1.807) is 0 Å². The molecule has 0 spiro atoms. The van der Waals surface area contributed by atoms with Crippen molar-refractivity contribution in [3.8, 4) is 0 Å². The summed E-state index contributed by atoms with van der Waals surface area (Å²) >= 11 is 0. The third-order valence-corrected chi connectivity index (χ3v) is 2.22. The summed E-state index contributed by atoms with van der Waals surface area (Å²) in [6.45, 7) is 0.863. The quantitative estimate of drug-likeness (QED) is 0.720. The molecule has 14 heavy (non-hydrogen) atoms. The van der Waals surface area contributed by atoms with Gasteiger partial charge in [-0.05, 0) is 23.1 Å². The van der Waals surface area contributed by atoms with Crippen LogP contribution in [0.1, 0.15) is 5.56 Å². The second kappa shape index (κ2) is 3.82. The molecule has 0 saturated carbocycles. The van der Waals surface area contributed by atoms with Crippen LogP contribution in [0.25, 0.3) is 10.9 Å². The van der Waals surface area contributed by atoms with Crippen LogP contribution in [-0.2, 0) is 6.54 Å². The highest BCUT2D eigenvalue weighted by atomic mass is 15.5. The van der Waals surface area contributed by atoms with Crippen LogP contribution in [0, 0.1) is 0 Å². The van der Waals surface area contributed by atoms with Crippen LogP contribution in [0.2, 0.25) is 0 Å². The lowest BCUT2D eigenvalue weighted by Gasteiger charge is -2.11. The van der Waals surface area contributed by atoms with Crippen molar-refractivity contribution in [3.05, 3.63) is 36.0 Å². The summed E-state index contributed by atoms with van der Waals surface area (Å²) in [5, 5.41) is 3.22. The van der Waals surface area contributed by atoms with Crippen LogP contribution in [-0.4, -0.2) is 24.1 Å².